The van der Waals surface area contributed by atoms with Gasteiger partial charge in [0.05, 0.1) is 18.6 Å². The first kappa shape index (κ1) is 17.8. The number of imide groups is 1. The van der Waals surface area contributed by atoms with E-state index in [4.69, 9.17) is 4.74 Å². The first-order valence-corrected chi connectivity index (χ1v) is 8.01. The molecule has 1 aromatic rings. The predicted octanol–water partition coefficient (Wildman–Crippen LogP) is 0.940. The fourth-order valence-corrected chi connectivity index (χ4v) is 2.93. The highest BCUT2D eigenvalue weighted by atomic mass is 32.2. The van der Waals surface area contributed by atoms with Crippen molar-refractivity contribution in [2.24, 2.45) is 0 Å². The van der Waals surface area contributed by atoms with Gasteiger partial charge in [-0.15, -0.1) is 11.8 Å². The Morgan fingerprint density at radius 2 is 2.04 bits per heavy atom. The number of nitrogens with one attached hydrogen (secondary N) is 1. The molecule has 9 heteroatoms. The van der Waals surface area contributed by atoms with Crippen LogP contribution in [-0.4, -0.2) is 49.4 Å². The molecule has 0 fully saturated rings. The molecule has 2 rings (SSSR count). The van der Waals surface area contributed by atoms with Crippen molar-refractivity contribution in [3.8, 4) is 0 Å². The molecule has 1 aliphatic heterocycles. The van der Waals surface area contributed by atoms with E-state index < -0.39 is 24.1 Å². The Morgan fingerprint density at radius 1 is 1.33 bits per heavy atom. The van der Waals surface area contributed by atoms with Crippen molar-refractivity contribution in [2.45, 2.75) is 17.9 Å². The number of hydrogen-bond donors (Lipinski definition) is 1. The third-order valence-electron chi connectivity index (χ3n) is 3.18. The second kappa shape index (κ2) is 7.82. The number of ether oxygens (including phenoxy) is 2. The van der Waals surface area contributed by atoms with Crippen molar-refractivity contribution in [1.29, 1.82) is 0 Å². The number of fused-ring (bicyclic) bond motifs is 1. The Balaban J connectivity index is 1.98. The van der Waals surface area contributed by atoms with Crippen LogP contribution in [0.5, 0.6) is 0 Å². The Bertz CT molecular complexity index is 678. The van der Waals surface area contributed by atoms with E-state index in [2.05, 4.69) is 4.74 Å². The number of anilines is 1. The largest absolute Gasteiger partial charge is 0.453 e. The van der Waals surface area contributed by atoms with Gasteiger partial charge in [-0.3, -0.25) is 24.6 Å². The second-order valence-electron chi connectivity index (χ2n) is 4.85. The quantitative estimate of drug-likeness (QED) is 0.805. The van der Waals surface area contributed by atoms with Crippen molar-refractivity contribution in [1.82, 2.24) is 5.32 Å². The van der Waals surface area contributed by atoms with Gasteiger partial charge >= 0.3 is 12.1 Å². The molecule has 1 atom stereocenters. The number of thioether (sulfide) groups is 1. The van der Waals surface area contributed by atoms with E-state index in [-0.39, 0.29) is 18.2 Å². The fourth-order valence-electron chi connectivity index (χ4n) is 2.00. The molecule has 0 unspecified atom stereocenters. The molecule has 24 heavy (non-hydrogen) atoms. The summed E-state index contributed by atoms with van der Waals surface area (Å²) >= 11 is 1.40. The maximum absolute atomic E-state index is 12.1. The Labute approximate surface area is 142 Å². The Hall–Kier alpha value is -2.55. The van der Waals surface area contributed by atoms with E-state index in [1.165, 1.54) is 23.6 Å². The summed E-state index contributed by atoms with van der Waals surface area (Å²) < 4.78 is 9.25. The number of carbonyl (C=O) groups excluding carboxylic acids is 4. The Kier molecular flexibility index (Phi) is 5.80. The van der Waals surface area contributed by atoms with Crippen LogP contribution >= 0.6 is 11.8 Å². The monoisotopic (exact) mass is 352 g/mol. The van der Waals surface area contributed by atoms with Crippen molar-refractivity contribution < 1.29 is 28.7 Å². The molecule has 3 amide bonds. The molecule has 0 aliphatic carbocycles. The molecular formula is C15H16N2O6S. The van der Waals surface area contributed by atoms with Crippen LogP contribution < -0.4 is 10.2 Å². The molecule has 0 radical (unpaired) electrons. The lowest BCUT2D eigenvalue weighted by atomic mass is 10.2. The van der Waals surface area contributed by atoms with Crippen LogP contribution in [0.25, 0.3) is 0 Å². The smallest absolute Gasteiger partial charge is 0.413 e. The minimum absolute atomic E-state index is 0.220. The SMILES string of the molecule is COC(=O)NC(=O)[C@@H](C)OC(=O)CN1C(=O)CSc2ccccc21. The number of para-hydroxylation sites is 1. The van der Waals surface area contributed by atoms with Crippen LogP contribution in [0.15, 0.2) is 29.2 Å². The zero-order chi connectivity index (χ0) is 17.7. The third-order valence-corrected chi connectivity index (χ3v) is 4.23. The van der Waals surface area contributed by atoms with Crippen LogP contribution in [0.2, 0.25) is 0 Å². The molecule has 1 N–H and O–H groups in total. The minimum atomic E-state index is -1.19. The van der Waals surface area contributed by atoms with Gasteiger partial charge in [-0.2, -0.15) is 0 Å². The zero-order valence-electron chi connectivity index (χ0n) is 13.1. The summed E-state index contributed by atoms with van der Waals surface area (Å²) in [7, 11) is 1.11. The molecule has 8 nitrogen and oxygen atoms in total. The number of benzene rings is 1. The van der Waals surface area contributed by atoms with Crippen LogP contribution in [-0.2, 0) is 23.9 Å². The van der Waals surface area contributed by atoms with Gasteiger partial charge in [0.15, 0.2) is 6.10 Å². The summed E-state index contributed by atoms with van der Waals surface area (Å²) in [6, 6.07) is 7.21. The van der Waals surface area contributed by atoms with Crippen molar-refractivity contribution >= 4 is 41.3 Å². The second-order valence-corrected chi connectivity index (χ2v) is 5.87. The highest BCUT2D eigenvalue weighted by molar-refractivity contribution is 8.00. The summed E-state index contributed by atoms with van der Waals surface area (Å²) in [5.74, 6) is -1.56. The van der Waals surface area contributed by atoms with E-state index >= 15 is 0 Å². The van der Waals surface area contributed by atoms with E-state index in [9.17, 15) is 19.2 Å². The number of methoxy groups -OCH3 is 1. The number of hydrogen-bond acceptors (Lipinski definition) is 7. The molecule has 1 aliphatic rings. The van der Waals surface area contributed by atoms with E-state index in [0.717, 1.165) is 12.0 Å². The van der Waals surface area contributed by atoms with Gasteiger partial charge in [-0.05, 0) is 19.1 Å². The van der Waals surface area contributed by atoms with Crippen LogP contribution in [0.1, 0.15) is 6.92 Å². The minimum Gasteiger partial charge on any atom is -0.453 e. The van der Waals surface area contributed by atoms with Crippen molar-refractivity contribution in [2.75, 3.05) is 24.3 Å². The first-order valence-electron chi connectivity index (χ1n) is 7.03. The lowest BCUT2D eigenvalue weighted by Crippen LogP contribution is -2.43. The molecule has 0 aromatic heterocycles. The maximum Gasteiger partial charge on any atom is 0.413 e. The average Bonchev–Trinajstić information content (AvgIpc) is 2.57. The lowest BCUT2D eigenvalue weighted by molar-refractivity contribution is -0.153. The predicted molar refractivity (Wildman–Crippen MR) is 85.6 cm³/mol. The van der Waals surface area contributed by atoms with Gasteiger partial charge in [0.25, 0.3) is 5.91 Å². The molecular weight excluding hydrogens is 336 g/mol. The molecule has 0 spiro atoms. The third kappa shape index (κ3) is 4.25. The van der Waals surface area contributed by atoms with Crippen molar-refractivity contribution in [3.63, 3.8) is 0 Å². The normalized spacial score (nSPS) is 14.4. The highest BCUT2D eigenvalue weighted by Crippen LogP contribution is 2.34. The number of alkyl carbamates (subject to hydrolysis) is 1. The molecule has 0 bridgehead atoms. The van der Waals surface area contributed by atoms with Crippen LogP contribution in [0.3, 0.4) is 0 Å². The van der Waals surface area contributed by atoms with Gasteiger partial charge in [-0.1, -0.05) is 12.1 Å². The zero-order valence-corrected chi connectivity index (χ0v) is 13.9. The number of nitrogens with zero attached hydrogens (tertiary/aromatic N) is 1. The van der Waals surface area contributed by atoms with E-state index in [1.54, 1.807) is 12.1 Å². The number of carbonyl (C=O) groups is 4. The molecule has 1 heterocycles. The van der Waals surface area contributed by atoms with Gasteiger partial charge in [0.2, 0.25) is 5.91 Å². The number of esters is 1. The topological polar surface area (TPSA) is 102 Å². The average molecular weight is 352 g/mol. The summed E-state index contributed by atoms with van der Waals surface area (Å²) in [5, 5.41) is 1.90. The Morgan fingerprint density at radius 3 is 2.75 bits per heavy atom. The summed E-state index contributed by atoms with van der Waals surface area (Å²) in [4.78, 5) is 48.9. The lowest BCUT2D eigenvalue weighted by Gasteiger charge is -2.28. The first-order chi connectivity index (χ1) is 11.4. The van der Waals surface area contributed by atoms with Crippen LogP contribution in [0, 0.1) is 0 Å². The number of amides is 3. The maximum atomic E-state index is 12.1. The number of rotatable bonds is 4. The van der Waals surface area contributed by atoms with Crippen LogP contribution in [0.4, 0.5) is 10.5 Å². The van der Waals surface area contributed by atoms with E-state index in [1.807, 2.05) is 17.4 Å². The molecule has 1 aromatic carbocycles. The molecule has 0 saturated carbocycles. The molecule has 128 valence electrons. The molecule has 0 saturated heterocycles. The fraction of sp³-hybridized carbons (Fsp3) is 0.333. The standard InChI is InChI=1S/C15H16N2O6S/c1-9(14(20)16-15(21)22-2)23-13(19)7-17-10-5-3-4-6-11(10)24-8-12(17)18/h3-6,9H,7-8H2,1-2H3,(H,16,20,21)/t9-/m1/s1. The summed E-state index contributed by atoms with van der Waals surface area (Å²) in [6.07, 6.45) is -2.14. The van der Waals surface area contributed by atoms with Gasteiger partial charge < -0.3 is 9.47 Å². The van der Waals surface area contributed by atoms with Gasteiger partial charge in [0.1, 0.15) is 6.54 Å². The summed E-state index contributed by atoms with van der Waals surface area (Å²) in [5.41, 5.74) is 0.627. The highest BCUT2D eigenvalue weighted by Gasteiger charge is 2.28. The van der Waals surface area contributed by atoms with Gasteiger partial charge in [-0.25, -0.2) is 4.79 Å². The van der Waals surface area contributed by atoms with Crippen molar-refractivity contribution in [3.05, 3.63) is 24.3 Å². The summed E-state index contributed by atoms with van der Waals surface area (Å²) in [6.45, 7) is 1.00. The van der Waals surface area contributed by atoms with E-state index in [0.29, 0.717) is 5.69 Å². The van der Waals surface area contributed by atoms with Gasteiger partial charge in [0, 0.05) is 4.90 Å².